The van der Waals surface area contributed by atoms with Gasteiger partial charge >= 0.3 is 0 Å². The third kappa shape index (κ3) is 5.47. The van der Waals surface area contributed by atoms with Gasteiger partial charge in [-0.1, -0.05) is 13.8 Å². The van der Waals surface area contributed by atoms with Crippen LogP contribution in [0.15, 0.2) is 6.20 Å². The fraction of sp³-hybridized carbons (Fsp3) is 0.786. The van der Waals surface area contributed by atoms with Crippen molar-refractivity contribution in [1.29, 1.82) is 0 Å². The fourth-order valence-electron chi connectivity index (χ4n) is 1.96. The highest BCUT2D eigenvalue weighted by atomic mass is 32.1. The standard InChI is InChI=1S/C14H27N3OS/c1-6-17(12(4)10-18-5)14-16-9-13(19-14)8-15-7-11(2)3/h9,11-12,15H,6-8,10H2,1-5H3. The molecule has 1 N–H and O–H groups in total. The lowest BCUT2D eigenvalue weighted by molar-refractivity contribution is 0.182. The second-order valence-electron chi connectivity index (χ2n) is 5.22. The van der Waals surface area contributed by atoms with Crippen molar-refractivity contribution in [1.82, 2.24) is 10.3 Å². The normalized spacial score (nSPS) is 12.9. The van der Waals surface area contributed by atoms with Gasteiger partial charge in [-0.3, -0.25) is 0 Å². The van der Waals surface area contributed by atoms with Crippen molar-refractivity contribution >= 4 is 16.5 Å². The first-order valence-corrected chi connectivity index (χ1v) is 7.81. The van der Waals surface area contributed by atoms with Gasteiger partial charge in [-0.25, -0.2) is 4.98 Å². The third-order valence-corrected chi connectivity index (χ3v) is 3.95. The molecular formula is C14H27N3OS. The van der Waals surface area contributed by atoms with E-state index in [1.807, 2.05) is 6.20 Å². The summed E-state index contributed by atoms with van der Waals surface area (Å²) in [6.45, 7) is 12.4. The Hall–Kier alpha value is -0.650. The average molecular weight is 285 g/mol. The number of likely N-dealkylation sites (N-methyl/N-ethyl adjacent to an activating group) is 1. The predicted molar refractivity (Wildman–Crippen MR) is 83.0 cm³/mol. The number of aromatic nitrogens is 1. The molecule has 0 saturated heterocycles. The van der Waals surface area contributed by atoms with Crippen molar-refractivity contribution < 1.29 is 4.74 Å². The lowest BCUT2D eigenvalue weighted by atomic mass is 10.2. The SMILES string of the molecule is CCN(c1ncc(CNCC(C)C)s1)C(C)COC. The molecule has 0 bridgehead atoms. The van der Waals surface area contributed by atoms with Crippen LogP contribution in [0.3, 0.4) is 0 Å². The van der Waals surface area contributed by atoms with E-state index in [2.05, 4.69) is 42.9 Å². The molecule has 1 aromatic heterocycles. The zero-order valence-electron chi connectivity index (χ0n) is 12.8. The highest BCUT2D eigenvalue weighted by Gasteiger charge is 2.15. The van der Waals surface area contributed by atoms with Crippen LogP contribution in [-0.2, 0) is 11.3 Å². The molecule has 4 nitrogen and oxygen atoms in total. The van der Waals surface area contributed by atoms with Crippen molar-refractivity contribution in [3.63, 3.8) is 0 Å². The first kappa shape index (κ1) is 16.4. The highest BCUT2D eigenvalue weighted by molar-refractivity contribution is 7.15. The van der Waals surface area contributed by atoms with Gasteiger partial charge in [0.15, 0.2) is 5.13 Å². The molecule has 0 spiro atoms. The minimum absolute atomic E-state index is 0.359. The molecule has 0 aliphatic heterocycles. The van der Waals surface area contributed by atoms with Gasteiger partial charge in [0.25, 0.3) is 0 Å². The van der Waals surface area contributed by atoms with E-state index in [0.717, 1.165) is 31.4 Å². The van der Waals surface area contributed by atoms with Crippen LogP contribution >= 0.6 is 11.3 Å². The third-order valence-electron chi connectivity index (χ3n) is 2.92. The van der Waals surface area contributed by atoms with Crippen LogP contribution in [0, 0.1) is 5.92 Å². The molecule has 110 valence electrons. The number of hydrogen-bond donors (Lipinski definition) is 1. The Kier molecular flexibility index (Phi) is 7.34. The molecule has 0 amide bonds. The summed E-state index contributed by atoms with van der Waals surface area (Å²) < 4.78 is 5.23. The molecule has 0 aliphatic carbocycles. The summed E-state index contributed by atoms with van der Waals surface area (Å²) in [4.78, 5) is 8.12. The van der Waals surface area contributed by atoms with Crippen molar-refractivity contribution in [2.24, 2.45) is 5.92 Å². The van der Waals surface area contributed by atoms with E-state index in [9.17, 15) is 0 Å². The molecule has 0 radical (unpaired) electrons. The fourth-order valence-corrected chi connectivity index (χ4v) is 3.01. The van der Waals surface area contributed by atoms with Gasteiger partial charge in [-0.15, -0.1) is 11.3 Å². The van der Waals surface area contributed by atoms with Gasteiger partial charge in [0.05, 0.1) is 12.6 Å². The molecule has 5 heteroatoms. The first-order chi connectivity index (χ1) is 9.08. The first-order valence-electron chi connectivity index (χ1n) is 6.99. The number of hydrogen-bond acceptors (Lipinski definition) is 5. The summed E-state index contributed by atoms with van der Waals surface area (Å²) in [6, 6.07) is 0.359. The van der Waals surface area contributed by atoms with Crippen LogP contribution in [0.2, 0.25) is 0 Å². The minimum atomic E-state index is 0.359. The lowest BCUT2D eigenvalue weighted by Gasteiger charge is -2.26. The maximum atomic E-state index is 5.23. The van der Waals surface area contributed by atoms with Gasteiger partial charge < -0.3 is 15.0 Å². The van der Waals surface area contributed by atoms with Crippen molar-refractivity contribution in [2.75, 3.05) is 31.7 Å². The van der Waals surface area contributed by atoms with Crippen LogP contribution in [0.25, 0.3) is 0 Å². The van der Waals surface area contributed by atoms with E-state index in [1.165, 1.54) is 4.88 Å². The van der Waals surface area contributed by atoms with E-state index in [0.29, 0.717) is 12.0 Å². The Balaban J connectivity index is 2.56. The molecule has 1 heterocycles. The lowest BCUT2D eigenvalue weighted by Crippen LogP contribution is -2.35. The molecule has 1 rings (SSSR count). The molecule has 1 atom stereocenters. The molecule has 0 aromatic carbocycles. The number of nitrogens with zero attached hydrogens (tertiary/aromatic N) is 2. The largest absolute Gasteiger partial charge is 0.383 e. The Labute approximate surface area is 121 Å². The topological polar surface area (TPSA) is 37.4 Å². The van der Waals surface area contributed by atoms with E-state index in [-0.39, 0.29) is 0 Å². The van der Waals surface area contributed by atoms with E-state index < -0.39 is 0 Å². The number of methoxy groups -OCH3 is 1. The molecule has 1 unspecified atom stereocenters. The zero-order chi connectivity index (χ0) is 14.3. The highest BCUT2D eigenvalue weighted by Crippen LogP contribution is 2.24. The quantitative estimate of drug-likeness (QED) is 0.757. The van der Waals surface area contributed by atoms with Gasteiger partial charge in [0.1, 0.15) is 0 Å². The summed E-state index contributed by atoms with van der Waals surface area (Å²) in [5, 5.41) is 4.54. The number of rotatable bonds is 9. The van der Waals surface area contributed by atoms with E-state index in [4.69, 9.17) is 4.74 Å². The van der Waals surface area contributed by atoms with Crippen LogP contribution in [0.1, 0.15) is 32.6 Å². The molecule has 0 fully saturated rings. The van der Waals surface area contributed by atoms with Crippen LogP contribution in [0.5, 0.6) is 0 Å². The summed E-state index contributed by atoms with van der Waals surface area (Å²) >= 11 is 1.77. The Morgan fingerprint density at radius 1 is 1.42 bits per heavy atom. The Morgan fingerprint density at radius 2 is 2.16 bits per heavy atom. The molecule has 0 aliphatic rings. The summed E-state index contributed by atoms with van der Waals surface area (Å²) in [5.74, 6) is 0.682. The van der Waals surface area contributed by atoms with Crippen molar-refractivity contribution in [2.45, 2.75) is 40.3 Å². The van der Waals surface area contributed by atoms with Gasteiger partial charge in [0.2, 0.25) is 0 Å². The summed E-state index contributed by atoms with van der Waals surface area (Å²) in [6.07, 6.45) is 1.98. The van der Waals surface area contributed by atoms with Crippen LogP contribution in [-0.4, -0.2) is 37.8 Å². The van der Waals surface area contributed by atoms with Crippen LogP contribution < -0.4 is 10.2 Å². The molecular weight excluding hydrogens is 258 g/mol. The van der Waals surface area contributed by atoms with Gasteiger partial charge in [-0.05, 0) is 26.3 Å². The van der Waals surface area contributed by atoms with Crippen molar-refractivity contribution in [3.05, 3.63) is 11.1 Å². The second kappa shape index (κ2) is 8.51. The summed E-state index contributed by atoms with van der Waals surface area (Å²) in [7, 11) is 1.74. The monoisotopic (exact) mass is 285 g/mol. The van der Waals surface area contributed by atoms with Gasteiger partial charge in [-0.2, -0.15) is 0 Å². The number of ether oxygens (including phenoxy) is 1. The Bertz CT molecular complexity index is 354. The maximum Gasteiger partial charge on any atom is 0.185 e. The van der Waals surface area contributed by atoms with E-state index in [1.54, 1.807) is 18.4 Å². The predicted octanol–water partition coefficient (Wildman–Crippen LogP) is 2.75. The number of thiazole rings is 1. The maximum absolute atomic E-state index is 5.23. The van der Waals surface area contributed by atoms with Crippen molar-refractivity contribution in [3.8, 4) is 0 Å². The van der Waals surface area contributed by atoms with E-state index >= 15 is 0 Å². The summed E-state index contributed by atoms with van der Waals surface area (Å²) in [5.41, 5.74) is 0. The molecule has 0 saturated carbocycles. The van der Waals surface area contributed by atoms with Crippen LogP contribution in [0.4, 0.5) is 5.13 Å². The second-order valence-corrected chi connectivity index (χ2v) is 6.32. The molecule has 1 aromatic rings. The Morgan fingerprint density at radius 3 is 2.74 bits per heavy atom. The minimum Gasteiger partial charge on any atom is -0.383 e. The zero-order valence-corrected chi connectivity index (χ0v) is 13.6. The number of nitrogens with one attached hydrogen (secondary N) is 1. The van der Waals surface area contributed by atoms with Gasteiger partial charge in [0, 0.05) is 31.3 Å². The number of anilines is 1. The molecule has 19 heavy (non-hydrogen) atoms. The average Bonchev–Trinajstić information content (AvgIpc) is 2.78. The smallest absolute Gasteiger partial charge is 0.185 e.